The highest BCUT2D eigenvalue weighted by atomic mass is 16.2. The van der Waals surface area contributed by atoms with E-state index in [2.05, 4.69) is 0 Å². The van der Waals surface area contributed by atoms with Gasteiger partial charge in [-0.05, 0) is 19.4 Å². The molecule has 0 spiro atoms. The molecule has 1 heterocycles. The number of allylic oxidation sites excluding steroid dienone is 5. The summed E-state index contributed by atoms with van der Waals surface area (Å²) in [5.74, 6) is -1.93. The third-order valence-corrected chi connectivity index (χ3v) is 2.99. The second kappa shape index (κ2) is 6.13. The number of carbonyl (C=O) groups is 3. The first-order chi connectivity index (χ1) is 8.95. The van der Waals surface area contributed by atoms with Crippen LogP contribution in [0.25, 0.3) is 0 Å². The van der Waals surface area contributed by atoms with Crippen molar-refractivity contribution in [3.8, 4) is 0 Å². The number of carbonyl (C=O) groups excluding carboxylic acids is 3. The molecule has 0 aromatic heterocycles. The van der Waals surface area contributed by atoms with Gasteiger partial charge in [-0.15, -0.1) is 0 Å². The molecule has 1 aliphatic rings. The van der Waals surface area contributed by atoms with Gasteiger partial charge in [-0.3, -0.25) is 19.4 Å². The number of imide groups is 2. The van der Waals surface area contributed by atoms with Crippen LogP contribution in [-0.4, -0.2) is 41.7 Å². The first-order valence-electron chi connectivity index (χ1n) is 6.00. The third kappa shape index (κ3) is 2.81. The van der Waals surface area contributed by atoms with Crippen LogP contribution in [0.4, 0.5) is 4.79 Å². The zero-order valence-corrected chi connectivity index (χ0v) is 11.6. The second-order valence-electron chi connectivity index (χ2n) is 4.18. The van der Waals surface area contributed by atoms with Gasteiger partial charge in [-0.1, -0.05) is 30.4 Å². The first kappa shape index (κ1) is 14.9. The lowest BCUT2D eigenvalue weighted by Crippen LogP contribution is -2.57. The van der Waals surface area contributed by atoms with E-state index in [1.165, 1.54) is 14.1 Å². The molecule has 1 saturated heterocycles. The van der Waals surface area contributed by atoms with Crippen molar-refractivity contribution in [1.29, 1.82) is 0 Å². The molecule has 1 fully saturated rings. The molecule has 5 heteroatoms. The van der Waals surface area contributed by atoms with E-state index in [1.54, 1.807) is 31.2 Å². The van der Waals surface area contributed by atoms with Crippen molar-refractivity contribution in [2.45, 2.75) is 13.8 Å². The van der Waals surface area contributed by atoms with E-state index in [0.717, 1.165) is 9.80 Å². The van der Waals surface area contributed by atoms with Crippen LogP contribution in [0.3, 0.4) is 0 Å². The fourth-order valence-corrected chi connectivity index (χ4v) is 1.83. The van der Waals surface area contributed by atoms with Crippen molar-refractivity contribution in [3.05, 3.63) is 36.0 Å². The minimum Gasteiger partial charge on any atom is -0.273 e. The number of urea groups is 1. The van der Waals surface area contributed by atoms with E-state index >= 15 is 0 Å². The van der Waals surface area contributed by atoms with E-state index in [0.29, 0.717) is 5.57 Å². The van der Waals surface area contributed by atoms with Crippen LogP contribution in [0.15, 0.2) is 36.0 Å². The monoisotopic (exact) mass is 262 g/mol. The molecule has 5 nitrogen and oxygen atoms in total. The molecule has 0 aromatic carbocycles. The quantitative estimate of drug-likeness (QED) is 0.575. The number of rotatable bonds is 3. The lowest BCUT2D eigenvalue weighted by Gasteiger charge is -2.33. The smallest absolute Gasteiger partial charge is 0.273 e. The summed E-state index contributed by atoms with van der Waals surface area (Å²) in [6.45, 7) is 3.63. The minimum atomic E-state index is -0.945. The van der Waals surface area contributed by atoms with Crippen molar-refractivity contribution >= 4 is 17.8 Å². The first-order valence-corrected chi connectivity index (χ1v) is 6.00. The summed E-state index contributed by atoms with van der Waals surface area (Å²) >= 11 is 0. The minimum absolute atomic E-state index is 0.494. The van der Waals surface area contributed by atoms with Crippen LogP contribution in [0.2, 0.25) is 0 Å². The molecule has 1 rings (SSSR count). The van der Waals surface area contributed by atoms with Crippen LogP contribution < -0.4 is 0 Å². The van der Waals surface area contributed by atoms with Gasteiger partial charge in [0.2, 0.25) is 11.8 Å². The van der Waals surface area contributed by atoms with Gasteiger partial charge < -0.3 is 0 Å². The summed E-state index contributed by atoms with van der Waals surface area (Å²) in [4.78, 5) is 37.7. The number of nitrogens with zero attached hydrogens (tertiary/aromatic N) is 2. The maximum absolute atomic E-state index is 12.1. The van der Waals surface area contributed by atoms with Gasteiger partial charge in [-0.2, -0.15) is 0 Å². The Labute approximate surface area is 112 Å². The molecule has 0 unspecified atom stereocenters. The molecular weight excluding hydrogens is 244 g/mol. The zero-order valence-electron chi connectivity index (χ0n) is 11.6. The SMILES string of the molecule is C\C=C/C=C\C(=C/C)C1C(=O)N(C)C(=O)N(C)C1=O. The van der Waals surface area contributed by atoms with Crippen LogP contribution in [0.5, 0.6) is 0 Å². The van der Waals surface area contributed by atoms with Gasteiger partial charge >= 0.3 is 6.03 Å². The van der Waals surface area contributed by atoms with Gasteiger partial charge in [0.1, 0.15) is 5.92 Å². The molecule has 0 radical (unpaired) electrons. The Morgan fingerprint density at radius 3 is 1.95 bits per heavy atom. The molecular formula is C14H18N2O3. The van der Waals surface area contributed by atoms with E-state index in [-0.39, 0.29) is 0 Å². The number of hydrogen-bond donors (Lipinski definition) is 0. The topological polar surface area (TPSA) is 57.7 Å². The van der Waals surface area contributed by atoms with Gasteiger partial charge in [0.15, 0.2) is 0 Å². The maximum atomic E-state index is 12.1. The Balaban J connectivity index is 3.12. The average Bonchev–Trinajstić information content (AvgIpc) is 2.41. The Hall–Kier alpha value is -2.17. The van der Waals surface area contributed by atoms with Gasteiger partial charge in [0.05, 0.1) is 0 Å². The highest BCUT2D eigenvalue weighted by Gasteiger charge is 2.43. The number of barbiturate groups is 1. The van der Waals surface area contributed by atoms with Crippen LogP contribution in [0, 0.1) is 5.92 Å². The van der Waals surface area contributed by atoms with E-state index in [9.17, 15) is 14.4 Å². The van der Waals surface area contributed by atoms with Crippen LogP contribution in [-0.2, 0) is 9.59 Å². The molecule has 0 N–H and O–H groups in total. The second-order valence-corrected chi connectivity index (χ2v) is 4.18. The summed E-state index contributed by atoms with van der Waals surface area (Å²) in [6.07, 6.45) is 8.82. The Bertz CT molecular complexity index is 465. The predicted octanol–water partition coefficient (Wildman–Crippen LogP) is 1.73. The maximum Gasteiger partial charge on any atom is 0.332 e. The average molecular weight is 262 g/mol. The molecule has 19 heavy (non-hydrogen) atoms. The van der Waals surface area contributed by atoms with Crippen LogP contribution >= 0.6 is 0 Å². The van der Waals surface area contributed by atoms with Crippen molar-refractivity contribution in [2.24, 2.45) is 5.92 Å². The third-order valence-electron chi connectivity index (χ3n) is 2.99. The lowest BCUT2D eigenvalue weighted by atomic mass is 9.93. The van der Waals surface area contributed by atoms with Crippen molar-refractivity contribution < 1.29 is 14.4 Å². The van der Waals surface area contributed by atoms with Gasteiger partial charge in [0.25, 0.3) is 0 Å². The lowest BCUT2D eigenvalue weighted by molar-refractivity contribution is -0.145. The molecule has 0 aliphatic carbocycles. The summed E-state index contributed by atoms with van der Waals surface area (Å²) in [5, 5.41) is 0. The zero-order chi connectivity index (χ0) is 14.6. The standard InChI is InChI=1S/C14H18N2O3/c1-5-7-8-9-10(6-2)11-12(17)15(3)14(19)16(4)13(11)18/h5-9,11H,1-4H3/b7-5-,9-8-,10-6+. The Kier molecular flexibility index (Phi) is 4.80. The van der Waals surface area contributed by atoms with Crippen molar-refractivity contribution in [2.75, 3.05) is 14.1 Å². The van der Waals surface area contributed by atoms with E-state index in [1.807, 2.05) is 13.0 Å². The summed E-state index contributed by atoms with van der Waals surface area (Å²) < 4.78 is 0. The van der Waals surface area contributed by atoms with E-state index in [4.69, 9.17) is 0 Å². The summed E-state index contributed by atoms with van der Waals surface area (Å²) in [7, 11) is 2.76. The molecule has 0 aromatic rings. The molecule has 0 bridgehead atoms. The fourth-order valence-electron chi connectivity index (χ4n) is 1.83. The number of hydrogen-bond acceptors (Lipinski definition) is 3. The van der Waals surface area contributed by atoms with Gasteiger partial charge in [0, 0.05) is 14.1 Å². The van der Waals surface area contributed by atoms with Crippen molar-refractivity contribution in [3.63, 3.8) is 0 Å². The molecule has 0 atom stereocenters. The van der Waals surface area contributed by atoms with Gasteiger partial charge in [-0.25, -0.2) is 4.79 Å². The van der Waals surface area contributed by atoms with Crippen LogP contribution in [0.1, 0.15) is 13.8 Å². The normalized spacial score (nSPS) is 19.4. The fraction of sp³-hybridized carbons (Fsp3) is 0.357. The molecule has 4 amide bonds. The molecule has 102 valence electrons. The Morgan fingerprint density at radius 1 is 1.00 bits per heavy atom. The summed E-state index contributed by atoms with van der Waals surface area (Å²) in [5.41, 5.74) is 0.583. The highest BCUT2D eigenvalue weighted by molar-refractivity contribution is 6.17. The van der Waals surface area contributed by atoms with E-state index < -0.39 is 23.8 Å². The van der Waals surface area contributed by atoms with Crippen molar-refractivity contribution in [1.82, 2.24) is 9.80 Å². The predicted molar refractivity (Wildman–Crippen MR) is 72.1 cm³/mol. The largest absolute Gasteiger partial charge is 0.332 e. The molecule has 0 saturated carbocycles. The molecule has 1 aliphatic heterocycles. The highest BCUT2D eigenvalue weighted by Crippen LogP contribution is 2.23. The summed E-state index contributed by atoms with van der Waals surface area (Å²) in [6, 6.07) is -0.598. The Morgan fingerprint density at radius 2 is 1.53 bits per heavy atom. The number of amides is 4.